The first-order valence-corrected chi connectivity index (χ1v) is 10.7. The van der Waals surface area contributed by atoms with Crippen LogP contribution in [0.15, 0.2) is 42.5 Å². The van der Waals surface area contributed by atoms with Crippen LogP contribution in [0.25, 0.3) is 0 Å². The number of ether oxygens (including phenoxy) is 2. The van der Waals surface area contributed by atoms with E-state index in [4.69, 9.17) is 9.47 Å². The molecule has 2 fully saturated rings. The summed E-state index contributed by atoms with van der Waals surface area (Å²) in [6, 6.07) is 12.2. The summed E-state index contributed by atoms with van der Waals surface area (Å²) in [4.78, 5) is 14.9. The van der Waals surface area contributed by atoms with E-state index in [1.807, 2.05) is 6.07 Å². The Bertz CT molecular complexity index is 936. The van der Waals surface area contributed by atoms with Crippen LogP contribution in [0.1, 0.15) is 31.2 Å². The van der Waals surface area contributed by atoms with Crippen LogP contribution < -0.4 is 20.1 Å². The van der Waals surface area contributed by atoms with E-state index >= 15 is 0 Å². The van der Waals surface area contributed by atoms with Crippen molar-refractivity contribution < 1.29 is 18.7 Å². The number of anilines is 1. The largest absolute Gasteiger partial charge is 0.493 e. The molecule has 1 aliphatic carbocycles. The number of likely N-dealkylation sites (N-methyl/N-ethyl adjacent to an activating group) is 1. The molecule has 0 aromatic heterocycles. The minimum atomic E-state index is -0.325. The highest BCUT2D eigenvalue weighted by molar-refractivity contribution is 5.89. The zero-order chi connectivity index (χ0) is 22.0. The summed E-state index contributed by atoms with van der Waals surface area (Å²) in [5.41, 5.74) is 1.89. The number of methoxy groups -OCH3 is 2. The second-order valence-electron chi connectivity index (χ2n) is 8.55. The van der Waals surface area contributed by atoms with Gasteiger partial charge in [-0.2, -0.15) is 0 Å². The molecule has 0 unspecified atom stereocenters. The lowest BCUT2D eigenvalue weighted by molar-refractivity contribution is 0.156. The Morgan fingerprint density at radius 2 is 1.84 bits per heavy atom. The molecule has 166 valence electrons. The quantitative estimate of drug-likeness (QED) is 0.752. The highest BCUT2D eigenvalue weighted by atomic mass is 19.1. The molecule has 1 aliphatic heterocycles. The van der Waals surface area contributed by atoms with Gasteiger partial charge in [0.15, 0.2) is 11.5 Å². The predicted molar refractivity (Wildman–Crippen MR) is 118 cm³/mol. The summed E-state index contributed by atoms with van der Waals surface area (Å²) in [6.45, 7) is 1.02. The molecule has 6 nitrogen and oxygen atoms in total. The average molecular weight is 428 g/mol. The van der Waals surface area contributed by atoms with Crippen molar-refractivity contribution in [2.24, 2.45) is 0 Å². The van der Waals surface area contributed by atoms with E-state index in [0.717, 1.165) is 43.7 Å². The fourth-order valence-corrected chi connectivity index (χ4v) is 5.28. The van der Waals surface area contributed by atoms with Crippen LogP contribution in [0.4, 0.5) is 14.9 Å². The number of nitrogens with one attached hydrogen (secondary N) is 2. The Labute approximate surface area is 182 Å². The van der Waals surface area contributed by atoms with Crippen molar-refractivity contribution in [3.8, 4) is 11.5 Å². The normalized spacial score (nSPS) is 25.5. The molecular formula is C24H30FN3O3. The van der Waals surface area contributed by atoms with E-state index in [0.29, 0.717) is 11.7 Å². The molecule has 2 aromatic rings. The topological polar surface area (TPSA) is 62.8 Å². The lowest BCUT2D eigenvalue weighted by Gasteiger charge is -2.45. The Morgan fingerprint density at radius 1 is 1.10 bits per heavy atom. The standard InChI is InChI=1S/C24H30FN3O3/c1-28-13-12-24(16-4-9-20(30-2)21(14-16)31-3)11-10-19(15-22(24)28)27-23(29)26-18-7-5-17(25)6-8-18/h4-9,14,19,22H,10-13,15H2,1-3H3,(H2,26,27,29)/t19-,22+,24-/m0/s1. The predicted octanol–water partition coefficient (Wildman–Crippen LogP) is 4.16. The van der Waals surface area contributed by atoms with Crippen LogP contribution in [0.3, 0.4) is 0 Å². The molecule has 3 atom stereocenters. The molecule has 31 heavy (non-hydrogen) atoms. The van der Waals surface area contributed by atoms with E-state index in [1.54, 1.807) is 26.4 Å². The van der Waals surface area contributed by atoms with Crippen molar-refractivity contribution in [3.05, 3.63) is 53.8 Å². The fraction of sp³-hybridized carbons (Fsp3) is 0.458. The van der Waals surface area contributed by atoms with Crippen molar-refractivity contribution >= 4 is 11.7 Å². The lowest BCUT2D eigenvalue weighted by atomic mass is 9.65. The van der Waals surface area contributed by atoms with Gasteiger partial charge in [0, 0.05) is 23.2 Å². The van der Waals surface area contributed by atoms with Crippen molar-refractivity contribution in [1.82, 2.24) is 10.2 Å². The minimum absolute atomic E-state index is 0.0416. The maximum atomic E-state index is 13.1. The number of fused-ring (bicyclic) bond motifs is 1. The first kappa shape index (κ1) is 21.4. The van der Waals surface area contributed by atoms with Crippen LogP contribution in [0, 0.1) is 5.82 Å². The third-order valence-corrected chi connectivity index (χ3v) is 6.92. The van der Waals surface area contributed by atoms with Gasteiger partial charge in [-0.05, 0) is 81.2 Å². The first-order valence-electron chi connectivity index (χ1n) is 10.7. The van der Waals surface area contributed by atoms with Crippen LogP contribution in [0.5, 0.6) is 11.5 Å². The zero-order valence-electron chi connectivity index (χ0n) is 18.3. The van der Waals surface area contributed by atoms with E-state index in [9.17, 15) is 9.18 Å². The zero-order valence-corrected chi connectivity index (χ0v) is 18.3. The third-order valence-electron chi connectivity index (χ3n) is 6.92. The lowest BCUT2D eigenvalue weighted by Crippen LogP contribution is -2.52. The summed E-state index contributed by atoms with van der Waals surface area (Å²) >= 11 is 0. The van der Waals surface area contributed by atoms with Crippen molar-refractivity contribution in [2.45, 2.75) is 43.2 Å². The number of urea groups is 1. The second kappa shape index (κ2) is 8.75. The van der Waals surface area contributed by atoms with E-state index in [-0.39, 0.29) is 23.3 Å². The van der Waals surface area contributed by atoms with Crippen molar-refractivity contribution in [2.75, 3.05) is 33.1 Å². The number of likely N-dealkylation sites (tertiary alicyclic amines) is 1. The molecule has 0 spiro atoms. The Balaban J connectivity index is 1.47. The smallest absolute Gasteiger partial charge is 0.319 e. The van der Waals surface area contributed by atoms with Crippen LogP contribution in [-0.4, -0.2) is 50.8 Å². The molecule has 0 bridgehead atoms. The van der Waals surface area contributed by atoms with E-state index in [1.165, 1.54) is 17.7 Å². The van der Waals surface area contributed by atoms with Crippen molar-refractivity contribution in [3.63, 3.8) is 0 Å². The number of carbonyl (C=O) groups is 1. The van der Waals surface area contributed by atoms with Crippen LogP contribution >= 0.6 is 0 Å². The van der Waals surface area contributed by atoms with Gasteiger partial charge in [-0.3, -0.25) is 0 Å². The Morgan fingerprint density at radius 3 is 2.55 bits per heavy atom. The number of halogens is 1. The summed E-state index contributed by atoms with van der Waals surface area (Å²) in [5.74, 6) is 1.16. The number of benzene rings is 2. The number of hydrogen-bond donors (Lipinski definition) is 2. The van der Waals surface area contributed by atoms with Gasteiger partial charge >= 0.3 is 6.03 Å². The molecular weight excluding hydrogens is 397 g/mol. The molecule has 1 saturated carbocycles. The maximum absolute atomic E-state index is 13.1. The molecule has 7 heteroatoms. The summed E-state index contributed by atoms with van der Waals surface area (Å²) in [5, 5.41) is 5.90. The second-order valence-corrected chi connectivity index (χ2v) is 8.55. The monoisotopic (exact) mass is 427 g/mol. The summed E-state index contributed by atoms with van der Waals surface area (Å²) in [7, 11) is 5.47. The van der Waals surface area contributed by atoms with E-state index < -0.39 is 0 Å². The Hall–Kier alpha value is -2.80. The van der Waals surface area contributed by atoms with Crippen LogP contribution in [-0.2, 0) is 5.41 Å². The highest BCUT2D eigenvalue weighted by Crippen LogP contribution is 2.49. The molecule has 2 N–H and O–H groups in total. The van der Waals surface area contributed by atoms with E-state index in [2.05, 4.69) is 34.7 Å². The van der Waals surface area contributed by atoms with Gasteiger partial charge in [-0.25, -0.2) is 9.18 Å². The first-order chi connectivity index (χ1) is 14.9. The fourth-order valence-electron chi connectivity index (χ4n) is 5.28. The van der Waals surface area contributed by atoms with Gasteiger partial charge in [0.1, 0.15) is 5.82 Å². The highest BCUT2D eigenvalue weighted by Gasteiger charge is 2.50. The maximum Gasteiger partial charge on any atom is 0.319 e. The van der Waals surface area contributed by atoms with Gasteiger partial charge in [0.05, 0.1) is 14.2 Å². The molecule has 2 amide bonds. The minimum Gasteiger partial charge on any atom is -0.493 e. The van der Waals surface area contributed by atoms with Gasteiger partial charge < -0.3 is 25.0 Å². The molecule has 4 rings (SSSR count). The number of carbonyl (C=O) groups excluding carboxylic acids is 1. The molecule has 1 heterocycles. The number of hydrogen-bond acceptors (Lipinski definition) is 4. The number of rotatable bonds is 5. The average Bonchev–Trinajstić information content (AvgIpc) is 3.12. The summed E-state index contributed by atoms with van der Waals surface area (Å²) in [6.07, 6.45) is 3.84. The third kappa shape index (κ3) is 4.19. The molecule has 2 aromatic carbocycles. The Kier molecular flexibility index (Phi) is 6.05. The summed E-state index contributed by atoms with van der Waals surface area (Å²) < 4.78 is 24.0. The van der Waals surface area contributed by atoms with Gasteiger partial charge in [0.2, 0.25) is 0 Å². The van der Waals surface area contributed by atoms with Gasteiger partial charge in [-0.1, -0.05) is 6.07 Å². The SMILES string of the molecule is COc1ccc([C@@]23CC[C@H](NC(=O)Nc4ccc(F)cc4)C[C@H]2N(C)CC3)cc1OC. The molecule has 0 radical (unpaired) electrons. The molecule has 1 saturated heterocycles. The van der Waals surface area contributed by atoms with Crippen molar-refractivity contribution in [1.29, 1.82) is 0 Å². The van der Waals surface area contributed by atoms with Gasteiger partial charge in [0.25, 0.3) is 0 Å². The number of nitrogens with zero attached hydrogens (tertiary/aromatic N) is 1. The van der Waals surface area contributed by atoms with Crippen LogP contribution in [0.2, 0.25) is 0 Å². The van der Waals surface area contributed by atoms with Gasteiger partial charge in [-0.15, -0.1) is 0 Å². The molecule has 2 aliphatic rings. The number of amides is 2.